The summed E-state index contributed by atoms with van der Waals surface area (Å²) < 4.78 is 6.32. The number of rotatable bonds is 2. The summed E-state index contributed by atoms with van der Waals surface area (Å²) in [5.41, 5.74) is 2.45. The molecule has 2 aromatic rings. The standard InChI is InChI=1S/C12H11BrN2O/c1-8-3-4-10(5-9(8)2)16-12-6-11(13)14-7-15-12/h3-7H,1-2H3. The largest absolute Gasteiger partial charge is 0.439 e. The van der Waals surface area contributed by atoms with Crippen molar-refractivity contribution in [3.8, 4) is 11.6 Å². The summed E-state index contributed by atoms with van der Waals surface area (Å²) in [5.74, 6) is 1.32. The van der Waals surface area contributed by atoms with Gasteiger partial charge in [0, 0.05) is 6.07 Å². The third-order valence-corrected chi connectivity index (χ3v) is 2.74. The Kier molecular flexibility index (Phi) is 3.19. The van der Waals surface area contributed by atoms with Crippen LogP contribution in [0.4, 0.5) is 0 Å². The van der Waals surface area contributed by atoms with E-state index in [0.717, 1.165) is 5.75 Å². The Hall–Kier alpha value is -1.42. The van der Waals surface area contributed by atoms with Crippen LogP contribution >= 0.6 is 15.9 Å². The summed E-state index contributed by atoms with van der Waals surface area (Å²) in [7, 11) is 0. The normalized spacial score (nSPS) is 10.2. The van der Waals surface area contributed by atoms with Crippen molar-refractivity contribution >= 4 is 15.9 Å². The summed E-state index contributed by atoms with van der Waals surface area (Å²) in [4.78, 5) is 7.96. The van der Waals surface area contributed by atoms with Crippen molar-refractivity contribution in [3.05, 3.63) is 46.3 Å². The molecule has 3 nitrogen and oxygen atoms in total. The Morgan fingerprint density at radius 2 is 1.88 bits per heavy atom. The smallest absolute Gasteiger partial charge is 0.223 e. The summed E-state index contributed by atoms with van der Waals surface area (Å²) in [5, 5.41) is 0. The maximum Gasteiger partial charge on any atom is 0.223 e. The van der Waals surface area contributed by atoms with Gasteiger partial charge in [-0.15, -0.1) is 0 Å². The predicted octanol–water partition coefficient (Wildman–Crippen LogP) is 3.65. The molecule has 0 atom stereocenters. The van der Waals surface area contributed by atoms with E-state index in [0.29, 0.717) is 10.5 Å². The van der Waals surface area contributed by atoms with Gasteiger partial charge in [0.2, 0.25) is 5.88 Å². The van der Waals surface area contributed by atoms with Crippen LogP contribution in [0.5, 0.6) is 11.6 Å². The Labute approximate surface area is 103 Å². The molecule has 0 aliphatic heterocycles. The monoisotopic (exact) mass is 278 g/mol. The molecule has 0 bridgehead atoms. The van der Waals surface area contributed by atoms with Crippen molar-refractivity contribution in [3.63, 3.8) is 0 Å². The number of ether oxygens (including phenoxy) is 1. The molecule has 0 saturated heterocycles. The molecular formula is C12H11BrN2O. The van der Waals surface area contributed by atoms with E-state index in [9.17, 15) is 0 Å². The number of aryl methyl sites for hydroxylation is 2. The molecule has 16 heavy (non-hydrogen) atoms. The fourth-order valence-electron chi connectivity index (χ4n) is 1.27. The number of aromatic nitrogens is 2. The first kappa shape index (κ1) is 11.1. The van der Waals surface area contributed by atoms with Gasteiger partial charge in [-0.1, -0.05) is 6.07 Å². The summed E-state index contributed by atoms with van der Waals surface area (Å²) in [6, 6.07) is 7.68. The zero-order valence-corrected chi connectivity index (χ0v) is 10.7. The maximum absolute atomic E-state index is 5.61. The first-order chi connectivity index (χ1) is 7.65. The van der Waals surface area contributed by atoms with Gasteiger partial charge in [-0.3, -0.25) is 0 Å². The van der Waals surface area contributed by atoms with Gasteiger partial charge < -0.3 is 4.74 Å². The lowest BCUT2D eigenvalue weighted by Crippen LogP contribution is -1.90. The van der Waals surface area contributed by atoms with Crippen molar-refractivity contribution in [1.29, 1.82) is 0 Å². The molecule has 0 unspecified atom stereocenters. The van der Waals surface area contributed by atoms with E-state index in [4.69, 9.17) is 4.74 Å². The van der Waals surface area contributed by atoms with Crippen LogP contribution in [0.2, 0.25) is 0 Å². The van der Waals surface area contributed by atoms with Crippen molar-refractivity contribution in [2.24, 2.45) is 0 Å². The van der Waals surface area contributed by atoms with Crippen LogP contribution < -0.4 is 4.74 Å². The highest BCUT2D eigenvalue weighted by Gasteiger charge is 2.01. The maximum atomic E-state index is 5.61. The van der Waals surface area contributed by atoms with Crippen molar-refractivity contribution in [1.82, 2.24) is 9.97 Å². The first-order valence-corrected chi connectivity index (χ1v) is 5.67. The van der Waals surface area contributed by atoms with Crippen LogP contribution in [0.25, 0.3) is 0 Å². The second-order valence-electron chi connectivity index (χ2n) is 3.53. The Bertz CT molecular complexity index is 514. The lowest BCUT2D eigenvalue weighted by atomic mass is 10.1. The van der Waals surface area contributed by atoms with E-state index in [2.05, 4.69) is 39.7 Å². The minimum absolute atomic E-state index is 0.533. The quantitative estimate of drug-likeness (QED) is 0.787. The highest BCUT2D eigenvalue weighted by atomic mass is 79.9. The number of nitrogens with zero attached hydrogens (tertiary/aromatic N) is 2. The van der Waals surface area contributed by atoms with Gasteiger partial charge in [0.05, 0.1) is 0 Å². The van der Waals surface area contributed by atoms with Gasteiger partial charge in [0.1, 0.15) is 16.7 Å². The van der Waals surface area contributed by atoms with Gasteiger partial charge in [-0.2, -0.15) is 0 Å². The van der Waals surface area contributed by atoms with Crippen LogP contribution in [0.1, 0.15) is 11.1 Å². The van der Waals surface area contributed by atoms with E-state index in [1.54, 1.807) is 6.07 Å². The SMILES string of the molecule is Cc1ccc(Oc2cc(Br)ncn2)cc1C. The molecule has 0 aliphatic carbocycles. The van der Waals surface area contributed by atoms with E-state index < -0.39 is 0 Å². The molecular weight excluding hydrogens is 268 g/mol. The fourth-order valence-corrected chi connectivity index (χ4v) is 1.56. The van der Waals surface area contributed by atoms with Crippen molar-refractivity contribution < 1.29 is 4.74 Å². The number of benzene rings is 1. The lowest BCUT2D eigenvalue weighted by Gasteiger charge is -2.06. The second kappa shape index (κ2) is 4.61. The van der Waals surface area contributed by atoms with Gasteiger partial charge in [-0.05, 0) is 53.0 Å². The number of hydrogen-bond donors (Lipinski definition) is 0. The highest BCUT2D eigenvalue weighted by molar-refractivity contribution is 9.10. The highest BCUT2D eigenvalue weighted by Crippen LogP contribution is 2.23. The average Bonchev–Trinajstić information content (AvgIpc) is 2.24. The summed E-state index contributed by atoms with van der Waals surface area (Å²) in [6.07, 6.45) is 1.46. The van der Waals surface area contributed by atoms with Crippen LogP contribution in [-0.4, -0.2) is 9.97 Å². The van der Waals surface area contributed by atoms with Gasteiger partial charge in [0.25, 0.3) is 0 Å². The van der Waals surface area contributed by atoms with Crippen molar-refractivity contribution in [2.45, 2.75) is 13.8 Å². The zero-order valence-electron chi connectivity index (χ0n) is 9.07. The molecule has 0 radical (unpaired) electrons. The van der Waals surface area contributed by atoms with Gasteiger partial charge >= 0.3 is 0 Å². The molecule has 82 valence electrons. The first-order valence-electron chi connectivity index (χ1n) is 4.88. The van der Waals surface area contributed by atoms with E-state index in [1.807, 2.05) is 18.2 Å². The van der Waals surface area contributed by atoms with E-state index in [-0.39, 0.29) is 0 Å². The number of halogens is 1. The molecule has 1 aromatic heterocycles. The molecule has 0 fully saturated rings. The number of hydrogen-bond acceptors (Lipinski definition) is 3. The minimum Gasteiger partial charge on any atom is -0.439 e. The van der Waals surface area contributed by atoms with Crippen molar-refractivity contribution in [2.75, 3.05) is 0 Å². The van der Waals surface area contributed by atoms with Crippen LogP contribution in [0.15, 0.2) is 35.2 Å². The Morgan fingerprint density at radius 3 is 2.56 bits per heavy atom. The van der Waals surface area contributed by atoms with Crippen LogP contribution in [0, 0.1) is 13.8 Å². The topological polar surface area (TPSA) is 35.0 Å². The zero-order chi connectivity index (χ0) is 11.5. The molecule has 0 spiro atoms. The molecule has 1 heterocycles. The molecule has 0 saturated carbocycles. The average molecular weight is 279 g/mol. The third kappa shape index (κ3) is 2.58. The molecule has 1 aromatic carbocycles. The predicted molar refractivity (Wildman–Crippen MR) is 65.7 cm³/mol. The lowest BCUT2D eigenvalue weighted by molar-refractivity contribution is 0.460. The molecule has 0 amide bonds. The van der Waals surface area contributed by atoms with Crippen LogP contribution in [0.3, 0.4) is 0 Å². The Morgan fingerprint density at radius 1 is 1.06 bits per heavy atom. The second-order valence-corrected chi connectivity index (χ2v) is 4.34. The van der Waals surface area contributed by atoms with E-state index in [1.165, 1.54) is 17.5 Å². The van der Waals surface area contributed by atoms with Gasteiger partial charge in [-0.25, -0.2) is 9.97 Å². The van der Waals surface area contributed by atoms with Gasteiger partial charge in [0.15, 0.2) is 0 Å². The Balaban J connectivity index is 2.24. The van der Waals surface area contributed by atoms with E-state index >= 15 is 0 Å². The molecule has 2 rings (SSSR count). The minimum atomic E-state index is 0.533. The molecule has 0 aliphatic rings. The van der Waals surface area contributed by atoms with Crippen LogP contribution in [-0.2, 0) is 0 Å². The summed E-state index contributed by atoms with van der Waals surface area (Å²) in [6.45, 7) is 4.12. The molecule has 0 N–H and O–H groups in total. The molecule has 4 heteroatoms. The summed E-state index contributed by atoms with van der Waals surface area (Å²) >= 11 is 3.27. The fraction of sp³-hybridized carbons (Fsp3) is 0.167. The third-order valence-electron chi connectivity index (χ3n) is 2.31.